The van der Waals surface area contributed by atoms with Gasteiger partial charge in [-0.15, -0.1) is 11.3 Å². The zero-order chi connectivity index (χ0) is 52.7. The minimum Gasteiger partial charge on any atom is -0.457 e. The first-order valence-electron chi connectivity index (χ1n) is 25.0. The van der Waals surface area contributed by atoms with E-state index in [2.05, 4.69) is 25.4 Å². The molecule has 71 heavy (non-hydrogen) atoms. The number of thiazole rings is 1. The number of alkyl halides is 1. The average Bonchev–Trinajstić information content (AvgIpc) is 3.77. The fourth-order valence-corrected chi connectivity index (χ4v) is 11.0. The van der Waals surface area contributed by atoms with Crippen molar-refractivity contribution in [3.8, 4) is 10.6 Å². The second-order valence-electron chi connectivity index (χ2n) is 21.0. The molecule has 2 amide bonds. The molecule has 14 atom stereocenters. The Hall–Kier alpha value is -4.15. The number of Topliss-reactive ketones (excluding diaryl/α,β-unsaturated/α-hetero) is 1. The number of hydrogen-bond acceptors (Lipinski definition) is 17. The molecule has 0 saturated carbocycles. The summed E-state index contributed by atoms with van der Waals surface area (Å²) in [6, 6.07) is 2.53. The van der Waals surface area contributed by atoms with Crippen molar-refractivity contribution >= 4 is 52.1 Å². The summed E-state index contributed by atoms with van der Waals surface area (Å²) in [4.78, 5) is 76.1. The Balaban J connectivity index is 1.57. The molecular weight excluding hydrogens is 938 g/mol. The van der Waals surface area contributed by atoms with Gasteiger partial charge in [0.2, 0.25) is 11.8 Å². The van der Waals surface area contributed by atoms with Crippen LogP contribution in [0.25, 0.3) is 10.6 Å². The van der Waals surface area contributed by atoms with Gasteiger partial charge in [0.1, 0.15) is 28.6 Å². The average molecular weight is 1020 g/mol. The highest BCUT2D eigenvalue weighted by molar-refractivity contribution is 7.13. The predicted molar refractivity (Wildman–Crippen MR) is 268 cm³/mol. The van der Waals surface area contributed by atoms with Crippen molar-refractivity contribution in [1.29, 1.82) is 0 Å². The molecule has 3 saturated heterocycles. The van der Waals surface area contributed by atoms with Crippen molar-refractivity contribution in [2.75, 3.05) is 26.0 Å². The number of pyridine rings is 1. The van der Waals surface area contributed by atoms with Gasteiger partial charge in [0.25, 0.3) is 5.67 Å². The molecule has 20 heteroatoms. The molecule has 2 aromatic rings. The number of nitrogens with two attached hydrogens (primary N) is 1. The number of likely N-dealkylation sites (N-methyl/N-ethyl adjacent to an activating group) is 1. The number of ketones is 1. The maximum Gasteiger partial charge on any atom is 0.351 e. The van der Waals surface area contributed by atoms with Gasteiger partial charge in [-0.1, -0.05) is 53.6 Å². The van der Waals surface area contributed by atoms with E-state index < -0.39 is 95.1 Å². The van der Waals surface area contributed by atoms with Crippen LogP contribution in [0.15, 0.2) is 33.9 Å². The van der Waals surface area contributed by atoms with E-state index in [9.17, 15) is 29.4 Å². The Morgan fingerprint density at radius 2 is 1.82 bits per heavy atom. The maximum absolute atomic E-state index is 17.1. The fourth-order valence-electron chi connectivity index (χ4n) is 10.3. The van der Waals surface area contributed by atoms with Crippen LogP contribution in [0.3, 0.4) is 0 Å². The SMILES string of the molecule is CCC(=O)N=C1[C@H](C)C[C@@]2(C)OC/C(=N/OCc3ccc(-c4nc(NC(=O)C(N)CC(C)C)cs4)cn3)CC[C@H]([C@H]1C)[C@](C)(O)[C@@H](CC)OC(=O)[C@@](C)(F)C(=O)C(C)[C@H]2O[C@@H]1O[C@H](C)CC(N(C)C)[C@H]1O. The van der Waals surface area contributed by atoms with E-state index in [1.165, 1.54) is 25.2 Å². The zero-order valence-corrected chi connectivity index (χ0v) is 44.6. The van der Waals surface area contributed by atoms with Gasteiger partial charge in [0, 0.05) is 47.2 Å². The molecule has 3 fully saturated rings. The highest BCUT2D eigenvalue weighted by Crippen LogP contribution is 2.43. The summed E-state index contributed by atoms with van der Waals surface area (Å²) in [5.74, 6) is -6.10. The van der Waals surface area contributed by atoms with Crippen LogP contribution in [-0.2, 0) is 49.6 Å². The number of amides is 2. The van der Waals surface area contributed by atoms with Crippen molar-refractivity contribution < 1.29 is 57.6 Å². The number of carbonyl (C=O) groups is 4. The number of esters is 1. The lowest BCUT2D eigenvalue weighted by Crippen LogP contribution is -2.61. The van der Waals surface area contributed by atoms with Crippen LogP contribution in [0, 0.1) is 29.6 Å². The van der Waals surface area contributed by atoms with Crippen LogP contribution in [0.4, 0.5) is 10.2 Å². The van der Waals surface area contributed by atoms with Gasteiger partial charge in [0.05, 0.1) is 41.9 Å². The van der Waals surface area contributed by atoms with Gasteiger partial charge in [-0.2, -0.15) is 0 Å². The Labute approximate surface area is 422 Å². The molecule has 2 bridgehead atoms. The summed E-state index contributed by atoms with van der Waals surface area (Å²) in [6.07, 6.45) is -2.41. The number of rotatable bonds is 13. The van der Waals surface area contributed by atoms with Gasteiger partial charge in [-0.25, -0.2) is 19.2 Å². The van der Waals surface area contributed by atoms with E-state index in [0.717, 1.165) is 6.92 Å². The van der Waals surface area contributed by atoms with Crippen molar-refractivity contribution in [3.05, 3.63) is 29.4 Å². The van der Waals surface area contributed by atoms with Crippen molar-refractivity contribution in [1.82, 2.24) is 14.9 Å². The number of cyclic esters (lactones) is 1. The zero-order valence-electron chi connectivity index (χ0n) is 43.8. The molecule has 18 nitrogen and oxygen atoms in total. The van der Waals surface area contributed by atoms with E-state index in [0.29, 0.717) is 46.3 Å². The molecule has 396 valence electrons. The summed E-state index contributed by atoms with van der Waals surface area (Å²) in [5, 5.41) is 34.1. The number of aliphatic imine (C=N–C) groups is 1. The second-order valence-corrected chi connectivity index (χ2v) is 21.8. The summed E-state index contributed by atoms with van der Waals surface area (Å²) < 4.78 is 42.8. The van der Waals surface area contributed by atoms with Gasteiger partial charge in [0.15, 0.2) is 18.7 Å². The molecule has 3 unspecified atom stereocenters. The third-order valence-corrected chi connectivity index (χ3v) is 15.2. The molecular formula is C51H78FN7O11S. The number of aliphatic hydroxyl groups excluding tert-OH is 1. The van der Waals surface area contributed by atoms with Crippen molar-refractivity contribution in [2.45, 2.75) is 187 Å². The van der Waals surface area contributed by atoms with Crippen LogP contribution in [0.5, 0.6) is 0 Å². The molecule has 0 aromatic carbocycles. The minimum absolute atomic E-state index is 0.0352. The number of aliphatic hydroxyl groups is 2. The number of aromatic nitrogens is 2. The first-order valence-corrected chi connectivity index (χ1v) is 25.8. The highest BCUT2D eigenvalue weighted by atomic mass is 32.1. The summed E-state index contributed by atoms with van der Waals surface area (Å²) in [5.41, 5.74) is 1.52. The maximum atomic E-state index is 17.1. The monoisotopic (exact) mass is 1020 g/mol. The standard InChI is InChI=1S/C51H78FN7O11S/c1-14-38-51(11,65)35-19-18-34(58-67-25-33-17-16-32(23-54-33)46-56-39(26-71-46)55-45(63)36(53)20-27(3)4)24-66-49(9,22-28(5)41(30(35)7)57-40(60)15-2)44(31(8)43(62)50(10,52)48(64)69-38)70-47-42(61)37(59(12)13)21-29(6)68-47/h16-17,23,26-31,35-38,42,44,47,61,65H,14-15,18-22,24-25,53H2,1-13H3,(H,55,63)/b57-41?,58-34+/t28-,29-,30-,31?,35-,36?,37?,38-,42-,44-,47+,49-,50+,51+/m1/s1. The van der Waals surface area contributed by atoms with E-state index in [1.54, 1.807) is 38.4 Å². The van der Waals surface area contributed by atoms with Crippen LogP contribution in [0.2, 0.25) is 0 Å². The number of oxime groups is 1. The number of nitrogens with zero attached hydrogens (tertiary/aromatic N) is 5. The lowest BCUT2D eigenvalue weighted by atomic mass is 9.68. The lowest BCUT2D eigenvalue weighted by molar-refractivity contribution is -0.296. The Bertz CT molecular complexity index is 2220. The number of carbonyl (C=O) groups excluding carboxylic acids is 4. The number of fused-ring (bicyclic) bond motifs is 5. The van der Waals surface area contributed by atoms with Crippen LogP contribution >= 0.6 is 11.3 Å². The quantitative estimate of drug-likeness (QED) is 0.0957. The van der Waals surface area contributed by atoms with Gasteiger partial charge in [-0.05, 0) is 110 Å². The Morgan fingerprint density at radius 3 is 2.44 bits per heavy atom. The second kappa shape index (κ2) is 24.3. The molecule has 2 aromatic heterocycles. The van der Waals surface area contributed by atoms with E-state index in [-0.39, 0.29) is 63.1 Å². The van der Waals surface area contributed by atoms with E-state index in [4.69, 9.17) is 29.5 Å². The molecule has 5 heterocycles. The summed E-state index contributed by atoms with van der Waals surface area (Å²) in [6.45, 7) is 18.2. The van der Waals surface area contributed by atoms with Crippen molar-refractivity contribution in [3.63, 3.8) is 0 Å². The van der Waals surface area contributed by atoms with E-state index >= 15 is 4.39 Å². The van der Waals surface area contributed by atoms with Gasteiger partial charge >= 0.3 is 5.97 Å². The first-order chi connectivity index (χ1) is 33.2. The Morgan fingerprint density at radius 1 is 1.11 bits per heavy atom. The Kier molecular flexibility index (Phi) is 19.7. The number of nitrogens with one attached hydrogen (secondary N) is 1. The van der Waals surface area contributed by atoms with Crippen LogP contribution in [-0.4, -0.2) is 140 Å². The number of ether oxygens (including phenoxy) is 4. The molecule has 3 aliphatic rings. The van der Waals surface area contributed by atoms with Gasteiger partial charge in [-0.3, -0.25) is 19.4 Å². The third-order valence-electron chi connectivity index (χ3n) is 14.3. The van der Waals surface area contributed by atoms with E-state index in [1.807, 2.05) is 59.7 Å². The lowest BCUT2D eigenvalue weighted by Gasteiger charge is -2.48. The number of hydrogen-bond donors (Lipinski definition) is 4. The smallest absolute Gasteiger partial charge is 0.351 e. The molecule has 0 aliphatic carbocycles. The normalized spacial score (nSPS) is 35.1. The molecule has 5 rings (SSSR count). The highest BCUT2D eigenvalue weighted by Gasteiger charge is 2.56. The minimum atomic E-state index is -3.21. The summed E-state index contributed by atoms with van der Waals surface area (Å²) in [7, 11) is 3.64. The first kappa shape index (κ1) is 57.7. The topological polar surface area (TPSA) is 247 Å². The van der Waals surface area contributed by atoms with Crippen molar-refractivity contribution in [2.24, 2.45) is 45.5 Å². The number of halogens is 1. The van der Waals surface area contributed by atoms with Gasteiger partial charge < -0.3 is 49.9 Å². The fraction of sp³-hybridized carbons (Fsp3) is 0.725. The molecule has 3 aliphatic heterocycles. The third kappa shape index (κ3) is 13.9. The van der Waals surface area contributed by atoms with Crippen LogP contribution in [0.1, 0.15) is 127 Å². The van der Waals surface area contributed by atoms with Crippen LogP contribution < -0.4 is 11.1 Å². The largest absolute Gasteiger partial charge is 0.457 e. The molecule has 0 radical (unpaired) electrons. The predicted octanol–water partition coefficient (Wildman–Crippen LogP) is 6.45. The summed E-state index contributed by atoms with van der Waals surface area (Å²) >= 11 is 1.34. The number of anilines is 1. The molecule has 0 spiro atoms. The molecule has 5 N–H and O–H groups in total.